The SMILES string of the molecule is CCCCCC(C)Nc1nc(C)cn1C. The number of hydrogen-bond donors (Lipinski definition) is 1. The molecule has 0 saturated heterocycles. The van der Waals surface area contributed by atoms with E-state index in [2.05, 4.69) is 24.1 Å². The fourth-order valence-electron chi connectivity index (χ4n) is 1.74. The van der Waals surface area contributed by atoms with Gasteiger partial charge in [0.1, 0.15) is 0 Å². The zero-order valence-corrected chi connectivity index (χ0v) is 10.4. The van der Waals surface area contributed by atoms with Gasteiger partial charge in [0.05, 0.1) is 5.69 Å². The lowest BCUT2D eigenvalue weighted by Crippen LogP contribution is -2.17. The summed E-state index contributed by atoms with van der Waals surface area (Å²) in [5.74, 6) is 0.983. The molecule has 0 aliphatic heterocycles. The molecular weight excluding hydrogens is 186 g/mol. The van der Waals surface area contributed by atoms with Gasteiger partial charge in [-0.25, -0.2) is 4.98 Å². The third kappa shape index (κ3) is 3.94. The Hall–Kier alpha value is -0.990. The molecule has 3 nitrogen and oxygen atoms in total. The number of rotatable bonds is 6. The highest BCUT2D eigenvalue weighted by Gasteiger charge is 2.06. The molecule has 1 aromatic heterocycles. The molecule has 1 aromatic rings. The zero-order valence-electron chi connectivity index (χ0n) is 10.4. The average Bonchev–Trinajstić information content (AvgIpc) is 2.45. The molecule has 0 bridgehead atoms. The molecule has 1 rings (SSSR count). The number of anilines is 1. The third-order valence-corrected chi connectivity index (χ3v) is 2.61. The van der Waals surface area contributed by atoms with Crippen molar-refractivity contribution in [3.63, 3.8) is 0 Å². The van der Waals surface area contributed by atoms with E-state index >= 15 is 0 Å². The number of imidazole rings is 1. The van der Waals surface area contributed by atoms with Gasteiger partial charge in [0, 0.05) is 19.3 Å². The molecule has 1 atom stereocenters. The molecule has 0 spiro atoms. The first kappa shape index (κ1) is 12.1. The van der Waals surface area contributed by atoms with Crippen LogP contribution in [0.5, 0.6) is 0 Å². The third-order valence-electron chi connectivity index (χ3n) is 2.61. The fourth-order valence-corrected chi connectivity index (χ4v) is 1.74. The Morgan fingerprint density at radius 2 is 2.20 bits per heavy atom. The van der Waals surface area contributed by atoms with E-state index in [-0.39, 0.29) is 0 Å². The van der Waals surface area contributed by atoms with Crippen LogP contribution in [0.3, 0.4) is 0 Å². The number of hydrogen-bond acceptors (Lipinski definition) is 2. The van der Waals surface area contributed by atoms with Crippen LogP contribution in [0.25, 0.3) is 0 Å². The van der Waals surface area contributed by atoms with Gasteiger partial charge >= 0.3 is 0 Å². The Balaban J connectivity index is 2.37. The smallest absolute Gasteiger partial charge is 0.202 e. The topological polar surface area (TPSA) is 29.9 Å². The number of unbranched alkanes of at least 4 members (excludes halogenated alkanes) is 2. The normalized spacial score (nSPS) is 12.8. The summed E-state index contributed by atoms with van der Waals surface area (Å²) in [5, 5.41) is 3.44. The van der Waals surface area contributed by atoms with E-state index in [0.29, 0.717) is 6.04 Å². The summed E-state index contributed by atoms with van der Waals surface area (Å²) in [7, 11) is 2.03. The van der Waals surface area contributed by atoms with Gasteiger partial charge in [-0.3, -0.25) is 0 Å². The number of aryl methyl sites for hydroxylation is 2. The van der Waals surface area contributed by atoms with E-state index in [1.54, 1.807) is 0 Å². The Kier molecular flexibility index (Phi) is 4.66. The highest BCUT2D eigenvalue weighted by atomic mass is 15.2. The van der Waals surface area contributed by atoms with E-state index in [1.807, 2.05) is 24.7 Å². The minimum Gasteiger partial charge on any atom is -0.353 e. The van der Waals surface area contributed by atoms with Crippen LogP contribution in [0, 0.1) is 6.92 Å². The van der Waals surface area contributed by atoms with Crippen molar-refractivity contribution in [2.24, 2.45) is 7.05 Å². The van der Waals surface area contributed by atoms with Crippen LogP contribution >= 0.6 is 0 Å². The maximum absolute atomic E-state index is 4.43. The van der Waals surface area contributed by atoms with Crippen LogP contribution in [-0.4, -0.2) is 15.6 Å². The van der Waals surface area contributed by atoms with Crippen molar-refractivity contribution in [2.75, 3.05) is 5.32 Å². The minimum absolute atomic E-state index is 0.511. The average molecular weight is 209 g/mol. The minimum atomic E-state index is 0.511. The van der Waals surface area contributed by atoms with Crippen LogP contribution in [-0.2, 0) is 7.05 Å². The second-order valence-corrected chi connectivity index (χ2v) is 4.36. The van der Waals surface area contributed by atoms with Crippen LogP contribution in [0.2, 0.25) is 0 Å². The fraction of sp³-hybridized carbons (Fsp3) is 0.750. The monoisotopic (exact) mass is 209 g/mol. The molecule has 0 fully saturated rings. The van der Waals surface area contributed by atoms with E-state index in [4.69, 9.17) is 0 Å². The van der Waals surface area contributed by atoms with E-state index in [1.165, 1.54) is 25.7 Å². The first-order valence-corrected chi connectivity index (χ1v) is 5.90. The van der Waals surface area contributed by atoms with Crippen molar-refractivity contribution in [1.29, 1.82) is 0 Å². The maximum Gasteiger partial charge on any atom is 0.202 e. The molecule has 0 aromatic carbocycles. The summed E-state index contributed by atoms with van der Waals surface area (Å²) in [6.07, 6.45) is 7.18. The van der Waals surface area contributed by atoms with E-state index in [0.717, 1.165) is 11.6 Å². The quantitative estimate of drug-likeness (QED) is 0.730. The lowest BCUT2D eigenvalue weighted by atomic mass is 10.1. The van der Waals surface area contributed by atoms with Crippen molar-refractivity contribution in [3.8, 4) is 0 Å². The Morgan fingerprint density at radius 3 is 2.73 bits per heavy atom. The van der Waals surface area contributed by atoms with E-state index < -0.39 is 0 Å². The molecular formula is C12H23N3. The lowest BCUT2D eigenvalue weighted by molar-refractivity contribution is 0.610. The first-order valence-electron chi connectivity index (χ1n) is 5.90. The van der Waals surface area contributed by atoms with Crippen molar-refractivity contribution < 1.29 is 0 Å². The van der Waals surface area contributed by atoms with E-state index in [9.17, 15) is 0 Å². The number of nitrogens with zero attached hydrogens (tertiary/aromatic N) is 2. The molecule has 0 aliphatic carbocycles. The summed E-state index contributed by atoms with van der Waals surface area (Å²) >= 11 is 0. The van der Waals surface area contributed by atoms with Crippen LogP contribution in [0.4, 0.5) is 5.95 Å². The highest BCUT2D eigenvalue weighted by Crippen LogP contribution is 2.10. The Labute approximate surface area is 92.9 Å². The summed E-state index contributed by atoms with van der Waals surface area (Å²) < 4.78 is 2.05. The first-order chi connectivity index (χ1) is 7.13. The lowest BCUT2D eigenvalue weighted by Gasteiger charge is -2.14. The molecule has 1 heterocycles. The van der Waals surface area contributed by atoms with Gasteiger partial charge in [-0.05, 0) is 20.3 Å². The van der Waals surface area contributed by atoms with Crippen LogP contribution < -0.4 is 5.32 Å². The summed E-state index contributed by atoms with van der Waals surface area (Å²) in [5.41, 5.74) is 1.07. The molecule has 3 heteroatoms. The van der Waals surface area contributed by atoms with Gasteiger partial charge in [-0.1, -0.05) is 26.2 Å². The largest absolute Gasteiger partial charge is 0.353 e. The molecule has 0 amide bonds. The predicted molar refractivity (Wildman–Crippen MR) is 65.2 cm³/mol. The Morgan fingerprint density at radius 1 is 1.47 bits per heavy atom. The van der Waals surface area contributed by atoms with Gasteiger partial charge in [0.25, 0.3) is 0 Å². The predicted octanol–water partition coefficient (Wildman–Crippen LogP) is 3.11. The van der Waals surface area contributed by atoms with Gasteiger partial charge in [0.15, 0.2) is 0 Å². The summed E-state index contributed by atoms with van der Waals surface area (Å²) in [4.78, 5) is 4.43. The van der Waals surface area contributed by atoms with Gasteiger partial charge < -0.3 is 9.88 Å². The van der Waals surface area contributed by atoms with Crippen LogP contribution in [0.15, 0.2) is 6.20 Å². The summed E-state index contributed by atoms with van der Waals surface area (Å²) in [6.45, 7) is 6.48. The molecule has 0 saturated carbocycles. The van der Waals surface area contributed by atoms with Crippen molar-refractivity contribution in [1.82, 2.24) is 9.55 Å². The van der Waals surface area contributed by atoms with Gasteiger partial charge in [0.2, 0.25) is 5.95 Å². The molecule has 0 radical (unpaired) electrons. The van der Waals surface area contributed by atoms with Crippen molar-refractivity contribution >= 4 is 5.95 Å². The molecule has 86 valence electrons. The zero-order chi connectivity index (χ0) is 11.3. The van der Waals surface area contributed by atoms with Crippen molar-refractivity contribution in [3.05, 3.63) is 11.9 Å². The Bertz CT molecular complexity index is 291. The standard InChI is InChI=1S/C12H23N3/c1-5-6-7-8-10(2)13-12-14-11(3)9-15(12)4/h9-10H,5-8H2,1-4H3,(H,13,14). The van der Waals surface area contributed by atoms with Gasteiger partial charge in [-0.15, -0.1) is 0 Å². The molecule has 15 heavy (non-hydrogen) atoms. The summed E-state index contributed by atoms with van der Waals surface area (Å²) in [6, 6.07) is 0.511. The molecule has 1 N–H and O–H groups in total. The second-order valence-electron chi connectivity index (χ2n) is 4.36. The number of nitrogens with one attached hydrogen (secondary N) is 1. The number of aromatic nitrogens is 2. The maximum atomic E-state index is 4.43. The van der Waals surface area contributed by atoms with Gasteiger partial charge in [-0.2, -0.15) is 0 Å². The van der Waals surface area contributed by atoms with Crippen molar-refractivity contribution in [2.45, 2.75) is 52.5 Å². The van der Waals surface area contributed by atoms with Crippen LogP contribution in [0.1, 0.15) is 45.2 Å². The second kappa shape index (κ2) is 5.79. The molecule has 0 aliphatic rings. The highest BCUT2D eigenvalue weighted by molar-refractivity contribution is 5.29. The molecule has 1 unspecified atom stereocenters.